The van der Waals surface area contributed by atoms with E-state index in [1.54, 1.807) is 0 Å². The molecule has 3 rings (SSSR count). The molecule has 2 fully saturated rings. The molecule has 6 heteroatoms. The lowest BCUT2D eigenvalue weighted by Gasteiger charge is -2.37. The highest BCUT2D eigenvalue weighted by Gasteiger charge is 2.30. The topological polar surface area (TPSA) is 75.6 Å². The van der Waals surface area contributed by atoms with Crippen LogP contribution in [0.2, 0.25) is 0 Å². The Kier molecular flexibility index (Phi) is 4.78. The molecule has 0 spiro atoms. The molecule has 6 nitrogen and oxygen atoms in total. The zero-order valence-electron chi connectivity index (χ0n) is 13.3. The maximum atomic E-state index is 12.6. The van der Waals surface area contributed by atoms with Gasteiger partial charge >= 0.3 is 0 Å². The van der Waals surface area contributed by atoms with Gasteiger partial charge in [-0.15, -0.1) is 0 Å². The molecule has 1 aliphatic heterocycles. The summed E-state index contributed by atoms with van der Waals surface area (Å²) in [7, 11) is 0. The zero-order chi connectivity index (χ0) is 15.5. The van der Waals surface area contributed by atoms with Gasteiger partial charge in [0.15, 0.2) is 5.76 Å². The molecule has 122 valence electrons. The lowest BCUT2D eigenvalue weighted by Crippen LogP contribution is -2.50. The van der Waals surface area contributed by atoms with Gasteiger partial charge in [-0.3, -0.25) is 9.69 Å². The quantitative estimate of drug-likeness (QED) is 0.906. The van der Waals surface area contributed by atoms with Gasteiger partial charge < -0.3 is 15.2 Å². The van der Waals surface area contributed by atoms with Gasteiger partial charge in [-0.2, -0.15) is 0 Å². The van der Waals surface area contributed by atoms with Crippen molar-refractivity contribution in [2.45, 2.75) is 45.2 Å². The van der Waals surface area contributed by atoms with Crippen molar-refractivity contribution in [3.8, 4) is 0 Å². The third-order valence-electron chi connectivity index (χ3n) is 4.80. The van der Waals surface area contributed by atoms with Crippen molar-refractivity contribution in [3.05, 3.63) is 17.5 Å². The molecule has 2 atom stereocenters. The fourth-order valence-corrected chi connectivity index (χ4v) is 3.55. The summed E-state index contributed by atoms with van der Waals surface area (Å²) in [5, 5.41) is 3.92. The highest BCUT2D eigenvalue weighted by Crippen LogP contribution is 2.25. The van der Waals surface area contributed by atoms with Crippen LogP contribution in [-0.4, -0.2) is 53.1 Å². The van der Waals surface area contributed by atoms with Crippen LogP contribution in [0.25, 0.3) is 0 Å². The number of nitrogens with two attached hydrogens (primary N) is 1. The van der Waals surface area contributed by atoms with Crippen LogP contribution in [0.5, 0.6) is 0 Å². The van der Waals surface area contributed by atoms with Crippen molar-refractivity contribution in [1.29, 1.82) is 0 Å². The van der Waals surface area contributed by atoms with E-state index in [0.717, 1.165) is 69.9 Å². The first-order valence-electron chi connectivity index (χ1n) is 8.31. The monoisotopic (exact) mass is 306 g/mol. The van der Waals surface area contributed by atoms with Crippen LogP contribution in [0.15, 0.2) is 10.6 Å². The van der Waals surface area contributed by atoms with Crippen LogP contribution < -0.4 is 5.73 Å². The van der Waals surface area contributed by atoms with Gasteiger partial charge in [0.05, 0.1) is 12.2 Å². The van der Waals surface area contributed by atoms with E-state index in [1.165, 1.54) is 0 Å². The fourth-order valence-electron chi connectivity index (χ4n) is 3.55. The molecular formula is C16H26N4O2. The summed E-state index contributed by atoms with van der Waals surface area (Å²) >= 11 is 0. The standard InChI is InChI=1S/C16H26N4O2/c1-12-9-15(22-18-12)11-19-5-7-20(8-6-19)16(21)13-3-2-4-14(17)10-13/h9,13-14H,2-8,10-11,17H2,1H3/t13-,14+/m1/s1. The van der Waals surface area contributed by atoms with Gasteiger partial charge in [0.1, 0.15) is 0 Å². The van der Waals surface area contributed by atoms with Crippen LogP contribution in [-0.2, 0) is 11.3 Å². The van der Waals surface area contributed by atoms with E-state index in [1.807, 2.05) is 17.9 Å². The largest absolute Gasteiger partial charge is 0.360 e. The molecule has 2 N–H and O–H groups in total. The Hall–Kier alpha value is -1.40. The number of rotatable bonds is 3. The Morgan fingerprint density at radius 3 is 2.77 bits per heavy atom. The summed E-state index contributed by atoms with van der Waals surface area (Å²) in [6.45, 7) is 6.10. The molecule has 0 aromatic carbocycles. The molecule has 1 amide bonds. The first-order valence-corrected chi connectivity index (χ1v) is 8.31. The molecule has 0 radical (unpaired) electrons. The highest BCUT2D eigenvalue weighted by molar-refractivity contribution is 5.79. The van der Waals surface area contributed by atoms with Crippen molar-refractivity contribution >= 4 is 5.91 Å². The Labute approximate surface area is 131 Å². The summed E-state index contributed by atoms with van der Waals surface area (Å²) in [5.41, 5.74) is 6.92. The van der Waals surface area contributed by atoms with E-state index in [9.17, 15) is 4.79 Å². The lowest BCUT2D eigenvalue weighted by atomic mass is 9.85. The molecular weight excluding hydrogens is 280 g/mol. The molecule has 2 heterocycles. The number of nitrogens with zero attached hydrogens (tertiary/aromatic N) is 3. The van der Waals surface area contributed by atoms with Gasteiger partial charge in [0, 0.05) is 44.2 Å². The molecule has 1 aromatic heterocycles. The van der Waals surface area contributed by atoms with Crippen molar-refractivity contribution in [3.63, 3.8) is 0 Å². The predicted octanol–water partition coefficient (Wildman–Crippen LogP) is 1.14. The molecule has 2 aliphatic rings. The molecule has 1 saturated carbocycles. The van der Waals surface area contributed by atoms with E-state index in [4.69, 9.17) is 10.3 Å². The molecule has 0 unspecified atom stereocenters. The summed E-state index contributed by atoms with van der Waals surface area (Å²) in [4.78, 5) is 16.9. The average Bonchev–Trinajstić information content (AvgIpc) is 2.92. The van der Waals surface area contributed by atoms with Gasteiger partial charge in [-0.25, -0.2) is 0 Å². The minimum atomic E-state index is 0.146. The maximum Gasteiger partial charge on any atom is 0.225 e. The number of hydrogen-bond acceptors (Lipinski definition) is 5. The van der Waals surface area contributed by atoms with Crippen molar-refractivity contribution < 1.29 is 9.32 Å². The van der Waals surface area contributed by atoms with Crippen molar-refractivity contribution in [1.82, 2.24) is 15.0 Å². The third-order valence-corrected chi connectivity index (χ3v) is 4.80. The number of carbonyl (C=O) groups is 1. The normalized spacial score (nSPS) is 27.1. The zero-order valence-corrected chi connectivity index (χ0v) is 13.3. The van der Waals surface area contributed by atoms with E-state index >= 15 is 0 Å². The van der Waals surface area contributed by atoms with Crippen LogP contribution in [0.3, 0.4) is 0 Å². The average molecular weight is 306 g/mol. The third kappa shape index (κ3) is 3.67. The summed E-state index contributed by atoms with van der Waals surface area (Å²) in [5.74, 6) is 1.35. The number of aryl methyl sites for hydroxylation is 1. The second-order valence-electron chi connectivity index (χ2n) is 6.66. The SMILES string of the molecule is Cc1cc(CN2CCN(C(=O)[C@@H]3CCC[C@H](N)C3)CC2)on1. The predicted molar refractivity (Wildman–Crippen MR) is 83.0 cm³/mol. The van der Waals surface area contributed by atoms with Gasteiger partial charge in [-0.1, -0.05) is 11.6 Å². The molecule has 1 aliphatic carbocycles. The molecule has 22 heavy (non-hydrogen) atoms. The molecule has 1 aromatic rings. The van der Waals surface area contributed by atoms with E-state index < -0.39 is 0 Å². The molecule has 0 bridgehead atoms. The van der Waals surface area contributed by atoms with Gasteiger partial charge in [0.25, 0.3) is 0 Å². The first kappa shape index (κ1) is 15.5. The van der Waals surface area contributed by atoms with Gasteiger partial charge in [-0.05, 0) is 26.2 Å². The van der Waals surface area contributed by atoms with Crippen molar-refractivity contribution in [2.75, 3.05) is 26.2 Å². The minimum absolute atomic E-state index is 0.146. The Morgan fingerprint density at radius 1 is 1.36 bits per heavy atom. The fraction of sp³-hybridized carbons (Fsp3) is 0.750. The summed E-state index contributed by atoms with van der Waals surface area (Å²) in [6, 6.07) is 2.18. The minimum Gasteiger partial charge on any atom is -0.360 e. The Morgan fingerprint density at radius 2 is 2.14 bits per heavy atom. The van der Waals surface area contributed by atoms with Crippen LogP contribution in [0.1, 0.15) is 37.1 Å². The van der Waals surface area contributed by atoms with Crippen LogP contribution >= 0.6 is 0 Å². The highest BCUT2D eigenvalue weighted by atomic mass is 16.5. The Balaban J connectivity index is 1.47. The number of amides is 1. The number of piperazine rings is 1. The van der Waals surface area contributed by atoms with Crippen molar-refractivity contribution in [2.24, 2.45) is 11.7 Å². The van der Waals surface area contributed by atoms with Gasteiger partial charge in [0.2, 0.25) is 5.91 Å². The van der Waals surface area contributed by atoms with E-state index in [-0.39, 0.29) is 12.0 Å². The van der Waals surface area contributed by atoms with Crippen LogP contribution in [0.4, 0.5) is 0 Å². The molecule has 1 saturated heterocycles. The summed E-state index contributed by atoms with van der Waals surface area (Å²) < 4.78 is 5.26. The lowest BCUT2D eigenvalue weighted by molar-refractivity contribution is -0.138. The second-order valence-corrected chi connectivity index (χ2v) is 6.66. The Bertz CT molecular complexity index is 508. The van der Waals surface area contributed by atoms with E-state index in [2.05, 4.69) is 10.1 Å². The first-order chi connectivity index (χ1) is 10.6. The van der Waals surface area contributed by atoms with E-state index in [0.29, 0.717) is 5.91 Å². The summed E-state index contributed by atoms with van der Waals surface area (Å²) in [6.07, 6.45) is 4.01. The number of carbonyl (C=O) groups excluding carboxylic acids is 1. The number of hydrogen-bond donors (Lipinski definition) is 1. The second kappa shape index (κ2) is 6.79. The van der Waals surface area contributed by atoms with Crippen LogP contribution in [0, 0.1) is 12.8 Å². The number of aromatic nitrogens is 1. The smallest absolute Gasteiger partial charge is 0.225 e. The maximum absolute atomic E-state index is 12.6.